The van der Waals surface area contributed by atoms with Gasteiger partial charge in [0.05, 0.1) is 10.9 Å². The molecule has 32 heavy (non-hydrogen) atoms. The molecule has 0 saturated heterocycles. The molecule has 0 heterocycles. The predicted molar refractivity (Wildman–Crippen MR) is 120 cm³/mol. The molecule has 0 aliphatic carbocycles. The van der Waals surface area contributed by atoms with Crippen LogP contribution in [0.1, 0.15) is 20.8 Å². The Bertz CT molecular complexity index is 1050. The quantitative estimate of drug-likeness (QED) is 0.421. The van der Waals surface area contributed by atoms with Gasteiger partial charge < -0.3 is 20.7 Å². The zero-order chi connectivity index (χ0) is 23.7. The maximum atomic E-state index is 12.5. The molecule has 0 aliphatic rings. The maximum Gasteiger partial charge on any atom is 0.257 e. The van der Waals surface area contributed by atoms with Crippen LogP contribution in [0.15, 0.2) is 53.4 Å². The zero-order valence-electron chi connectivity index (χ0n) is 18.0. The van der Waals surface area contributed by atoms with E-state index in [1.807, 2.05) is 0 Å². The van der Waals surface area contributed by atoms with E-state index in [1.165, 1.54) is 38.1 Å². The van der Waals surface area contributed by atoms with Gasteiger partial charge in [-0.05, 0) is 62.4 Å². The van der Waals surface area contributed by atoms with Crippen molar-refractivity contribution in [2.24, 2.45) is 0 Å². The molecule has 0 radical (unpaired) electrons. The third-order valence-corrected chi connectivity index (χ3v) is 5.63. The van der Waals surface area contributed by atoms with Crippen LogP contribution in [0.4, 0.5) is 11.4 Å². The first-order chi connectivity index (χ1) is 15.1. The van der Waals surface area contributed by atoms with Crippen molar-refractivity contribution >= 4 is 39.1 Å². The molecule has 0 bridgehead atoms. The summed E-state index contributed by atoms with van der Waals surface area (Å²) in [5.74, 6) is -0.619. The summed E-state index contributed by atoms with van der Waals surface area (Å²) in [4.78, 5) is 34.8. The number of nitrogens with one attached hydrogen (secondary N) is 4. The van der Waals surface area contributed by atoms with Gasteiger partial charge in [-0.1, -0.05) is 0 Å². The van der Waals surface area contributed by atoms with Crippen LogP contribution in [-0.4, -0.2) is 45.3 Å². The van der Waals surface area contributed by atoms with Gasteiger partial charge in [0.15, 0.2) is 6.61 Å². The lowest BCUT2D eigenvalue weighted by molar-refractivity contribution is -0.123. The second-order valence-corrected chi connectivity index (χ2v) is 8.52. The number of rotatable bonds is 10. The van der Waals surface area contributed by atoms with Gasteiger partial charge in [0, 0.05) is 24.8 Å². The van der Waals surface area contributed by atoms with Crippen molar-refractivity contribution in [3.05, 3.63) is 48.5 Å². The van der Waals surface area contributed by atoms with Crippen molar-refractivity contribution in [3.8, 4) is 5.75 Å². The molecule has 11 heteroatoms. The molecule has 1 atom stereocenters. The van der Waals surface area contributed by atoms with Gasteiger partial charge in [0.1, 0.15) is 5.75 Å². The van der Waals surface area contributed by atoms with E-state index in [2.05, 4.69) is 20.7 Å². The lowest BCUT2D eigenvalue weighted by Crippen LogP contribution is -2.41. The Kier molecular flexibility index (Phi) is 8.73. The van der Waals surface area contributed by atoms with Crippen LogP contribution in [0.25, 0.3) is 0 Å². The molecule has 3 amide bonds. The molecule has 2 aromatic rings. The average Bonchev–Trinajstić information content (AvgIpc) is 2.73. The highest BCUT2D eigenvalue weighted by molar-refractivity contribution is 7.89. The summed E-state index contributed by atoms with van der Waals surface area (Å²) in [7, 11) is -3.95. The summed E-state index contributed by atoms with van der Waals surface area (Å²) >= 11 is 0. The average molecular weight is 463 g/mol. The van der Waals surface area contributed by atoms with Crippen molar-refractivity contribution in [1.82, 2.24) is 10.0 Å². The smallest absolute Gasteiger partial charge is 0.257 e. The number of likely N-dealkylation sites (N-methyl/N-ethyl adjacent to an activating group) is 1. The third-order valence-electron chi connectivity index (χ3n) is 4.08. The minimum Gasteiger partial charge on any atom is -0.484 e. The van der Waals surface area contributed by atoms with Crippen molar-refractivity contribution < 1.29 is 27.5 Å². The molecular formula is C21H26N4O6S. The fourth-order valence-electron chi connectivity index (χ4n) is 2.56. The SMILES string of the molecule is CCNC(=O)COc1ccc(NC(=O)[C@H](C)NS(=O)(=O)c2ccc(NC(C)=O)cc2)cc1. The molecule has 4 N–H and O–H groups in total. The highest BCUT2D eigenvalue weighted by atomic mass is 32.2. The fourth-order valence-corrected chi connectivity index (χ4v) is 3.76. The topological polar surface area (TPSA) is 143 Å². The third kappa shape index (κ3) is 7.67. The number of amides is 3. The number of benzene rings is 2. The summed E-state index contributed by atoms with van der Waals surface area (Å²) in [6.07, 6.45) is 0. The largest absolute Gasteiger partial charge is 0.484 e. The first-order valence-electron chi connectivity index (χ1n) is 9.81. The van der Waals surface area contributed by atoms with E-state index >= 15 is 0 Å². The second-order valence-electron chi connectivity index (χ2n) is 6.80. The monoisotopic (exact) mass is 462 g/mol. The first-order valence-corrected chi connectivity index (χ1v) is 11.3. The van der Waals surface area contributed by atoms with E-state index in [1.54, 1.807) is 31.2 Å². The van der Waals surface area contributed by atoms with E-state index in [0.29, 0.717) is 23.7 Å². The summed E-state index contributed by atoms with van der Waals surface area (Å²) in [6.45, 7) is 4.96. The minimum absolute atomic E-state index is 0.0418. The Morgan fingerprint density at radius 1 is 0.938 bits per heavy atom. The molecule has 0 aliphatic heterocycles. The first kappa shape index (κ1) is 24.8. The number of ether oxygens (including phenoxy) is 1. The van der Waals surface area contributed by atoms with E-state index in [4.69, 9.17) is 4.74 Å². The molecule has 2 rings (SSSR count). The Hall–Kier alpha value is -3.44. The number of hydrogen-bond acceptors (Lipinski definition) is 6. The van der Waals surface area contributed by atoms with Crippen molar-refractivity contribution in [3.63, 3.8) is 0 Å². The zero-order valence-corrected chi connectivity index (χ0v) is 18.8. The van der Waals surface area contributed by atoms with Crippen LogP contribution in [0.5, 0.6) is 5.75 Å². The van der Waals surface area contributed by atoms with E-state index in [-0.39, 0.29) is 23.3 Å². The standard InChI is InChI=1S/C21H26N4O6S/c1-4-22-20(27)13-31-18-9-5-17(6-10-18)24-21(28)14(2)25-32(29,30)19-11-7-16(8-12-19)23-15(3)26/h5-12,14,25H,4,13H2,1-3H3,(H,22,27)(H,23,26)(H,24,28)/t14-/m0/s1. The molecular weight excluding hydrogens is 436 g/mol. The number of carbonyl (C=O) groups excluding carboxylic acids is 3. The van der Waals surface area contributed by atoms with Crippen molar-refractivity contribution in [2.45, 2.75) is 31.7 Å². The van der Waals surface area contributed by atoms with Gasteiger partial charge in [0.25, 0.3) is 5.91 Å². The predicted octanol–water partition coefficient (Wildman–Crippen LogP) is 1.47. The van der Waals surface area contributed by atoms with Gasteiger partial charge in [0.2, 0.25) is 21.8 Å². The highest BCUT2D eigenvalue weighted by Gasteiger charge is 2.22. The number of carbonyl (C=O) groups is 3. The van der Waals surface area contributed by atoms with Gasteiger partial charge in [-0.15, -0.1) is 0 Å². The molecule has 0 aromatic heterocycles. The number of hydrogen-bond donors (Lipinski definition) is 4. The van der Waals surface area contributed by atoms with Crippen LogP contribution < -0.4 is 25.4 Å². The van der Waals surface area contributed by atoms with Crippen LogP contribution in [-0.2, 0) is 24.4 Å². The van der Waals surface area contributed by atoms with Crippen molar-refractivity contribution in [2.75, 3.05) is 23.8 Å². The Morgan fingerprint density at radius 2 is 1.50 bits per heavy atom. The van der Waals surface area contributed by atoms with Crippen LogP contribution in [0, 0.1) is 0 Å². The van der Waals surface area contributed by atoms with Gasteiger partial charge in [-0.25, -0.2) is 8.42 Å². The molecule has 0 spiro atoms. The van der Waals surface area contributed by atoms with Gasteiger partial charge in [-0.2, -0.15) is 4.72 Å². The summed E-state index contributed by atoms with van der Waals surface area (Å²) in [5.41, 5.74) is 0.895. The van der Waals surface area contributed by atoms with E-state index in [0.717, 1.165) is 0 Å². The van der Waals surface area contributed by atoms with Crippen LogP contribution >= 0.6 is 0 Å². The Morgan fingerprint density at radius 3 is 2.06 bits per heavy atom. The van der Waals surface area contributed by atoms with Crippen molar-refractivity contribution in [1.29, 1.82) is 0 Å². The lowest BCUT2D eigenvalue weighted by Gasteiger charge is -2.15. The normalized spacial score (nSPS) is 11.8. The highest BCUT2D eigenvalue weighted by Crippen LogP contribution is 2.17. The van der Waals surface area contributed by atoms with E-state index < -0.39 is 22.0 Å². The maximum absolute atomic E-state index is 12.5. The second kappa shape index (κ2) is 11.3. The molecule has 10 nitrogen and oxygen atoms in total. The molecule has 172 valence electrons. The van der Waals surface area contributed by atoms with Crippen LogP contribution in [0.3, 0.4) is 0 Å². The Labute approximate surface area is 186 Å². The van der Waals surface area contributed by atoms with Gasteiger partial charge >= 0.3 is 0 Å². The Balaban J connectivity index is 1.92. The lowest BCUT2D eigenvalue weighted by atomic mass is 10.2. The molecule has 2 aromatic carbocycles. The summed E-state index contributed by atoms with van der Waals surface area (Å²) in [5, 5.41) is 7.77. The minimum atomic E-state index is -3.95. The van der Waals surface area contributed by atoms with Gasteiger partial charge in [-0.3, -0.25) is 14.4 Å². The number of anilines is 2. The molecule has 0 saturated carbocycles. The van der Waals surface area contributed by atoms with E-state index in [9.17, 15) is 22.8 Å². The number of sulfonamides is 1. The molecule has 0 fully saturated rings. The fraction of sp³-hybridized carbons (Fsp3) is 0.286. The molecule has 0 unspecified atom stereocenters. The van der Waals surface area contributed by atoms with Crippen LogP contribution in [0.2, 0.25) is 0 Å². The summed E-state index contributed by atoms with van der Waals surface area (Å²) in [6, 6.07) is 10.8. The summed E-state index contributed by atoms with van der Waals surface area (Å²) < 4.78 is 32.7.